The molecular formula is C18H12N4O8. The second kappa shape index (κ2) is 7.71. The van der Waals surface area contributed by atoms with Crippen LogP contribution in [0.4, 0.5) is 11.4 Å². The molecule has 0 aliphatic heterocycles. The molecule has 4 rings (SSSR count). The molecule has 152 valence electrons. The number of para-hydroxylation sites is 2. The second-order valence-electron chi connectivity index (χ2n) is 5.97. The average molecular weight is 412 g/mol. The van der Waals surface area contributed by atoms with Crippen LogP contribution in [0.1, 0.15) is 21.0 Å². The number of nitro groups is 2. The van der Waals surface area contributed by atoms with Gasteiger partial charge in [0.1, 0.15) is 22.4 Å². The van der Waals surface area contributed by atoms with Gasteiger partial charge in [0.15, 0.2) is 0 Å². The number of aromatic amines is 2. The van der Waals surface area contributed by atoms with E-state index in [0.29, 0.717) is 10.8 Å². The van der Waals surface area contributed by atoms with Crippen LogP contribution < -0.4 is 0 Å². The van der Waals surface area contributed by atoms with Crippen molar-refractivity contribution in [2.24, 2.45) is 0 Å². The number of carboxylic acid groups (broad SMARTS) is 2. The predicted molar refractivity (Wildman–Crippen MR) is 104 cm³/mol. The number of carboxylic acids is 2. The van der Waals surface area contributed by atoms with E-state index in [-0.39, 0.29) is 33.8 Å². The standard InChI is InChI=1S/2C9H6N2O4/c2*12-9(13)6-4-5-2-1-3-7(11(14)15)8(5)10-6/h2*1-4,10H,(H,12,13). The van der Waals surface area contributed by atoms with E-state index in [1.54, 1.807) is 12.1 Å². The molecule has 0 amide bonds. The van der Waals surface area contributed by atoms with Crippen molar-refractivity contribution in [1.29, 1.82) is 0 Å². The van der Waals surface area contributed by atoms with Crippen LogP contribution >= 0.6 is 0 Å². The Kier molecular flexibility index (Phi) is 5.14. The Labute approximate surface area is 165 Å². The quantitative estimate of drug-likeness (QED) is 0.288. The number of H-pyrrole nitrogens is 2. The molecule has 0 saturated heterocycles. The number of fused-ring (bicyclic) bond motifs is 2. The number of nitrogens with zero attached hydrogens (tertiary/aromatic N) is 2. The Hall–Kier alpha value is -4.74. The van der Waals surface area contributed by atoms with Crippen LogP contribution in [-0.4, -0.2) is 42.0 Å². The van der Waals surface area contributed by atoms with E-state index in [4.69, 9.17) is 10.2 Å². The first-order valence-electron chi connectivity index (χ1n) is 8.18. The third-order valence-corrected chi connectivity index (χ3v) is 4.12. The molecule has 30 heavy (non-hydrogen) atoms. The van der Waals surface area contributed by atoms with Crippen molar-refractivity contribution in [3.8, 4) is 0 Å². The maximum Gasteiger partial charge on any atom is 0.352 e. The number of carbonyl (C=O) groups is 2. The maximum atomic E-state index is 10.7. The van der Waals surface area contributed by atoms with Crippen molar-refractivity contribution in [3.63, 3.8) is 0 Å². The zero-order valence-corrected chi connectivity index (χ0v) is 14.9. The second-order valence-corrected chi connectivity index (χ2v) is 5.97. The minimum atomic E-state index is -1.14. The highest BCUT2D eigenvalue weighted by molar-refractivity contribution is 5.97. The number of aromatic nitrogens is 2. The predicted octanol–water partition coefficient (Wildman–Crippen LogP) is 3.55. The number of rotatable bonds is 4. The molecule has 12 heteroatoms. The summed E-state index contributed by atoms with van der Waals surface area (Å²) >= 11 is 0. The maximum absolute atomic E-state index is 10.7. The number of hydrogen-bond acceptors (Lipinski definition) is 6. The normalized spacial score (nSPS) is 10.4. The zero-order valence-electron chi connectivity index (χ0n) is 14.9. The molecular weight excluding hydrogens is 400 g/mol. The van der Waals surface area contributed by atoms with E-state index in [0.717, 1.165) is 0 Å². The van der Waals surface area contributed by atoms with Crippen LogP contribution in [-0.2, 0) is 0 Å². The molecule has 0 atom stereocenters. The first kappa shape index (κ1) is 20.0. The molecule has 0 aliphatic carbocycles. The number of hydrogen-bond donors (Lipinski definition) is 4. The fourth-order valence-electron chi connectivity index (χ4n) is 2.82. The Morgan fingerprint density at radius 3 is 1.40 bits per heavy atom. The summed E-state index contributed by atoms with van der Waals surface area (Å²) in [6.07, 6.45) is 0. The molecule has 12 nitrogen and oxygen atoms in total. The average Bonchev–Trinajstić information content (AvgIpc) is 3.32. The Morgan fingerprint density at radius 1 is 0.733 bits per heavy atom. The SMILES string of the molecule is O=C(O)c1cc2cccc([N+](=O)[O-])c2[nH]1.O=C(O)c1cc2cccc([N+](=O)[O-])c2[nH]1. The van der Waals surface area contributed by atoms with Crippen LogP contribution in [0.5, 0.6) is 0 Å². The largest absolute Gasteiger partial charge is 0.477 e. The van der Waals surface area contributed by atoms with Crippen molar-refractivity contribution in [1.82, 2.24) is 9.97 Å². The van der Waals surface area contributed by atoms with Gasteiger partial charge in [0.05, 0.1) is 9.85 Å². The van der Waals surface area contributed by atoms with Crippen LogP contribution in [0.25, 0.3) is 21.8 Å². The zero-order chi connectivity index (χ0) is 22.0. The Morgan fingerprint density at radius 2 is 1.10 bits per heavy atom. The van der Waals surface area contributed by atoms with Gasteiger partial charge in [0.2, 0.25) is 0 Å². The summed E-state index contributed by atoms with van der Waals surface area (Å²) in [7, 11) is 0. The number of benzene rings is 2. The lowest BCUT2D eigenvalue weighted by Gasteiger charge is -1.92. The van der Waals surface area contributed by atoms with Crippen molar-refractivity contribution >= 4 is 45.1 Å². The minimum Gasteiger partial charge on any atom is -0.477 e. The smallest absolute Gasteiger partial charge is 0.352 e. The molecule has 2 heterocycles. The van der Waals surface area contributed by atoms with Gasteiger partial charge in [-0.1, -0.05) is 24.3 Å². The first-order chi connectivity index (χ1) is 14.2. The third-order valence-electron chi connectivity index (χ3n) is 4.12. The fourth-order valence-corrected chi connectivity index (χ4v) is 2.82. The summed E-state index contributed by atoms with van der Waals surface area (Å²) in [4.78, 5) is 46.5. The summed E-state index contributed by atoms with van der Waals surface area (Å²) in [6, 6.07) is 11.6. The van der Waals surface area contributed by atoms with Crippen molar-refractivity contribution in [3.05, 3.63) is 80.1 Å². The molecule has 4 aromatic rings. The van der Waals surface area contributed by atoms with E-state index < -0.39 is 21.8 Å². The number of nitro benzene ring substituents is 2. The molecule has 0 spiro atoms. The van der Waals surface area contributed by atoms with Crippen LogP contribution in [0.2, 0.25) is 0 Å². The van der Waals surface area contributed by atoms with Gasteiger partial charge in [0, 0.05) is 22.9 Å². The summed E-state index contributed by atoms with van der Waals surface area (Å²) in [5, 5.41) is 39.7. The van der Waals surface area contributed by atoms with Crippen molar-refractivity contribution in [2.75, 3.05) is 0 Å². The topological polar surface area (TPSA) is 192 Å². The summed E-state index contributed by atoms with van der Waals surface area (Å²) in [5.74, 6) is -2.28. The molecule has 4 N–H and O–H groups in total. The van der Waals surface area contributed by atoms with E-state index in [9.17, 15) is 29.8 Å². The highest BCUT2D eigenvalue weighted by Gasteiger charge is 2.17. The number of nitrogens with one attached hydrogen (secondary N) is 2. The lowest BCUT2D eigenvalue weighted by atomic mass is 10.2. The molecule has 0 radical (unpaired) electrons. The van der Waals surface area contributed by atoms with Crippen LogP contribution in [0, 0.1) is 20.2 Å². The van der Waals surface area contributed by atoms with Gasteiger partial charge < -0.3 is 20.2 Å². The van der Waals surface area contributed by atoms with E-state index >= 15 is 0 Å². The molecule has 2 aromatic heterocycles. The summed E-state index contributed by atoms with van der Waals surface area (Å²) < 4.78 is 0. The number of non-ortho nitro benzene ring substituents is 2. The van der Waals surface area contributed by atoms with E-state index in [1.807, 2.05) is 0 Å². The van der Waals surface area contributed by atoms with E-state index in [1.165, 1.54) is 36.4 Å². The monoisotopic (exact) mass is 412 g/mol. The van der Waals surface area contributed by atoms with Gasteiger partial charge in [-0.2, -0.15) is 0 Å². The molecule has 0 aliphatic rings. The van der Waals surface area contributed by atoms with Gasteiger partial charge >= 0.3 is 11.9 Å². The minimum absolute atomic E-state index is 0.0562. The molecule has 2 aromatic carbocycles. The summed E-state index contributed by atoms with van der Waals surface area (Å²) in [6.45, 7) is 0. The van der Waals surface area contributed by atoms with Crippen LogP contribution in [0.15, 0.2) is 48.5 Å². The van der Waals surface area contributed by atoms with Crippen molar-refractivity contribution in [2.45, 2.75) is 0 Å². The van der Waals surface area contributed by atoms with Gasteiger partial charge in [-0.05, 0) is 12.1 Å². The summed E-state index contributed by atoms with van der Waals surface area (Å²) in [5.41, 5.74) is 0.110. The number of aromatic carboxylic acids is 2. The van der Waals surface area contributed by atoms with Gasteiger partial charge in [0.25, 0.3) is 11.4 Å². The molecule has 0 saturated carbocycles. The van der Waals surface area contributed by atoms with Crippen molar-refractivity contribution < 1.29 is 29.6 Å². The third kappa shape index (κ3) is 3.77. The lowest BCUT2D eigenvalue weighted by Crippen LogP contribution is -1.95. The van der Waals surface area contributed by atoms with Gasteiger partial charge in [-0.25, -0.2) is 9.59 Å². The molecule has 0 unspecified atom stereocenters. The lowest BCUT2D eigenvalue weighted by molar-refractivity contribution is -0.383. The van der Waals surface area contributed by atoms with E-state index in [2.05, 4.69) is 9.97 Å². The first-order valence-corrected chi connectivity index (χ1v) is 8.18. The Balaban J connectivity index is 0.000000171. The highest BCUT2D eigenvalue weighted by Crippen LogP contribution is 2.26. The Bertz CT molecular complexity index is 1220. The van der Waals surface area contributed by atoms with Gasteiger partial charge in [-0.3, -0.25) is 20.2 Å². The van der Waals surface area contributed by atoms with Crippen LogP contribution in [0.3, 0.4) is 0 Å². The van der Waals surface area contributed by atoms with Gasteiger partial charge in [-0.15, -0.1) is 0 Å². The highest BCUT2D eigenvalue weighted by atomic mass is 16.6. The fraction of sp³-hybridized carbons (Fsp3) is 0. The molecule has 0 bridgehead atoms. The molecule has 0 fully saturated rings.